The molecule has 112 valence electrons. The molecule has 1 aliphatic rings. The van der Waals surface area contributed by atoms with Crippen molar-refractivity contribution in [3.05, 3.63) is 12.4 Å². The molecule has 1 aliphatic heterocycles. The van der Waals surface area contributed by atoms with Gasteiger partial charge in [-0.1, -0.05) is 5.21 Å². The van der Waals surface area contributed by atoms with Gasteiger partial charge >= 0.3 is 0 Å². The zero-order valence-electron chi connectivity index (χ0n) is 11.2. The molecule has 1 aromatic heterocycles. The normalized spacial score (nSPS) is 21.5. The Morgan fingerprint density at radius 2 is 2.35 bits per heavy atom. The summed E-state index contributed by atoms with van der Waals surface area (Å²) in [7, 11) is -2.99. The summed E-state index contributed by atoms with van der Waals surface area (Å²) >= 11 is 0. The first-order valence-corrected chi connectivity index (χ1v) is 8.42. The van der Waals surface area contributed by atoms with Crippen LogP contribution in [-0.4, -0.2) is 60.0 Å². The molecule has 0 aromatic carbocycles. The van der Waals surface area contributed by atoms with Crippen molar-refractivity contribution < 1.29 is 13.2 Å². The second-order valence-electron chi connectivity index (χ2n) is 4.84. The number of hydrogen-bond donors (Lipinski definition) is 2. The SMILES string of the molecule is O=C(CC1CS(=O)(=O)CCN1)NCCCn1ccnn1. The first-order chi connectivity index (χ1) is 9.55. The number of hydrogen-bond acceptors (Lipinski definition) is 6. The van der Waals surface area contributed by atoms with Gasteiger partial charge in [0.15, 0.2) is 9.84 Å². The van der Waals surface area contributed by atoms with Gasteiger partial charge in [-0.2, -0.15) is 0 Å². The minimum absolute atomic E-state index is 0.0410. The fraction of sp³-hybridized carbons (Fsp3) is 0.727. The van der Waals surface area contributed by atoms with Gasteiger partial charge in [-0.25, -0.2) is 8.42 Å². The molecular weight excluding hydrogens is 282 g/mol. The van der Waals surface area contributed by atoms with Crippen LogP contribution in [0.25, 0.3) is 0 Å². The summed E-state index contributed by atoms with van der Waals surface area (Å²) in [5.74, 6) is 0.0702. The van der Waals surface area contributed by atoms with Gasteiger partial charge in [-0.05, 0) is 6.42 Å². The topological polar surface area (TPSA) is 106 Å². The van der Waals surface area contributed by atoms with Gasteiger partial charge in [0.1, 0.15) is 0 Å². The molecule has 2 N–H and O–H groups in total. The maximum atomic E-state index is 11.7. The molecule has 0 spiro atoms. The van der Waals surface area contributed by atoms with Gasteiger partial charge in [0, 0.05) is 38.3 Å². The Kier molecular flexibility index (Phi) is 5.07. The van der Waals surface area contributed by atoms with Crippen LogP contribution in [0.15, 0.2) is 12.4 Å². The molecular formula is C11H19N5O3S. The summed E-state index contributed by atoms with van der Waals surface area (Å²) in [5, 5.41) is 13.3. The lowest BCUT2D eigenvalue weighted by Crippen LogP contribution is -2.47. The van der Waals surface area contributed by atoms with E-state index in [1.54, 1.807) is 17.1 Å². The highest BCUT2D eigenvalue weighted by atomic mass is 32.2. The molecule has 1 unspecified atom stereocenters. The van der Waals surface area contributed by atoms with Gasteiger partial charge < -0.3 is 10.6 Å². The highest BCUT2D eigenvalue weighted by molar-refractivity contribution is 7.91. The van der Waals surface area contributed by atoms with Crippen LogP contribution in [-0.2, 0) is 21.2 Å². The molecule has 9 heteroatoms. The van der Waals surface area contributed by atoms with Crippen LogP contribution in [0.2, 0.25) is 0 Å². The molecule has 0 saturated carbocycles. The van der Waals surface area contributed by atoms with Gasteiger partial charge in [-0.3, -0.25) is 9.48 Å². The Balaban J connectivity index is 1.63. The Bertz CT molecular complexity index is 528. The summed E-state index contributed by atoms with van der Waals surface area (Å²) in [5.41, 5.74) is 0. The molecule has 0 radical (unpaired) electrons. The van der Waals surface area contributed by atoms with Crippen LogP contribution in [0, 0.1) is 0 Å². The summed E-state index contributed by atoms with van der Waals surface area (Å²) in [6.07, 6.45) is 4.32. The lowest BCUT2D eigenvalue weighted by Gasteiger charge is -2.23. The summed E-state index contributed by atoms with van der Waals surface area (Å²) in [4.78, 5) is 11.7. The molecule has 8 nitrogen and oxygen atoms in total. The van der Waals surface area contributed by atoms with E-state index in [1.165, 1.54) is 0 Å². The monoisotopic (exact) mass is 301 g/mol. The third-order valence-corrected chi connectivity index (χ3v) is 4.83. The Morgan fingerprint density at radius 1 is 1.50 bits per heavy atom. The van der Waals surface area contributed by atoms with E-state index in [0.717, 1.165) is 6.42 Å². The smallest absolute Gasteiger partial charge is 0.221 e. The lowest BCUT2D eigenvalue weighted by molar-refractivity contribution is -0.121. The van der Waals surface area contributed by atoms with E-state index in [-0.39, 0.29) is 29.9 Å². The van der Waals surface area contributed by atoms with Crippen LogP contribution in [0.3, 0.4) is 0 Å². The van der Waals surface area contributed by atoms with Gasteiger partial charge in [0.25, 0.3) is 0 Å². The number of sulfone groups is 1. The van der Waals surface area contributed by atoms with Gasteiger partial charge in [0.05, 0.1) is 17.7 Å². The number of carbonyl (C=O) groups excluding carboxylic acids is 1. The maximum absolute atomic E-state index is 11.7. The number of nitrogens with one attached hydrogen (secondary N) is 2. The summed E-state index contributed by atoms with van der Waals surface area (Å²) in [6.45, 7) is 1.65. The quantitative estimate of drug-likeness (QED) is 0.623. The number of carbonyl (C=O) groups is 1. The third kappa shape index (κ3) is 4.89. The predicted molar refractivity (Wildman–Crippen MR) is 72.7 cm³/mol. The molecule has 20 heavy (non-hydrogen) atoms. The predicted octanol–water partition coefficient (Wildman–Crippen LogP) is -1.44. The first kappa shape index (κ1) is 14.9. The van der Waals surface area contributed by atoms with Crippen LogP contribution in [0.5, 0.6) is 0 Å². The van der Waals surface area contributed by atoms with E-state index in [4.69, 9.17) is 0 Å². The zero-order valence-corrected chi connectivity index (χ0v) is 12.0. The largest absolute Gasteiger partial charge is 0.356 e. The Hall–Kier alpha value is -1.48. The number of aromatic nitrogens is 3. The van der Waals surface area contributed by atoms with Crippen molar-refractivity contribution in [3.8, 4) is 0 Å². The van der Waals surface area contributed by atoms with Gasteiger partial charge in [-0.15, -0.1) is 5.10 Å². The Morgan fingerprint density at radius 3 is 3.05 bits per heavy atom. The minimum Gasteiger partial charge on any atom is -0.356 e. The minimum atomic E-state index is -2.99. The summed E-state index contributed by atoms with van der Waals surface area (Å²) in [6, 6.07) is -0.274. The second kappa shape index (κ2) is 6.80. The van der Waals surface area contributed by atoms with Crippen LogP contribution < -0.4 is 10.6 Å². The van der Waals surface area contributed by atoms with Crippen molar-refractivity contribution in [3.63, 3.8) is 0 Å². The standard InChI is InChI=1S/C11H19N5O3S/c17-11(8-10-9-20(18,19)7-4-12-10)13-2-1-5-16-6-3-14-15-16/h3,6,10,12H,1-2,4-5,7-9H2,(H,13,17). The molecule has 0 bridgehead atoms. The zero-order chi connectivity index (χ0) is 14.4. The first-order valence-electron chi connectivity index (χ1n) is 6.60. The van der Waals surface area contributed by atoms with Crippen LogP contribution in [0.4, 0.5) is 0 Å². The van der Waals surface area contributed by atoms with Crippen molar-refractivity contribution in [2.24, 2.45) is 0 Å². The van der Waals surface area contributed by atoms with E-state index in [2.05, 4.69) is 20.9 Å². The fourth-order valence-electron chi connectivity index (χ4n) is 2.12. The van der Waals surface area contributed by atoms with E-state index in [9.17, 15) is 13.2 Å². The molecule has 2 rings (SSSR count). The summed E-state index contributed by atoms with van der Waals surface area (Å²) < 4.78 is 24.6. The number of nitrogens with zero attached hydrogens (tertiary/aromatic N) is 3. The average Bonchev–Trinajstić information content (AvgIpc) is 2.86. The molecule has 1 aromatic rings. The fourth-order valence-corrected chi connectivity index (χ4v) is 3.56. The van der Waals surface area contributed by atoms with Crippen molar-refractivity contribution in [2.75, 3.05) is 24.6 Å². The van der Waals surface area contributed by atoms with Crippen molar-refractivity contribution in [1.82, 2.24) is 25.6 Å². The molecule has 1 saturated heterocycles. The highest BCUT2D eigenvalue weighted by Gasteiger charge is 2.25. The van der Waals surface area contributed by atoms with Gasteiger partial charge in [0.2, 0.25) is 5.91 Å². The molecule has 2 heterocycles. The van der Waals surface area contributed by atoms with E-state index in [0.29, 0.717) is 19.6 Å². The number of aryl methyl sites for hydroxylation is 1. The van der Waals surface area contributed by atoms with Crippen molar-refractivity contribution >= 4 is 15.7 Å². The third-order valence-electron chi connectivity index (χ3n) is 3.09. The Labute approximate surface area is 117 Å². The van der Waals surface area contributed by atoms with E-state index in [1.807, 2.05) is 0 Å². The van der Waals surface area contributed by atoms with Crippen LogP contribution in [0.1, 0.15) is 12.8 Å². The van der Waals surface area contributed by atoms with Crippen LogP contribution >= 0.6 is 0 Å². The number of rotatable bonds is 6. The maximum Gasteiger partial charge on any atom is 0.221 e. The highest BCUT2D eigenvalue weighted by Crippen LogP contribution is 2.04. The van der Waals surface area contributed by atoms with Crippen molar-refractivity contribution in [2.45, 2.75) is 25.4 Å². The molecule has 1 amide bonds. The molecule has 1 fully saturated rings. The van der Waals surface area contributed by atoms with E-state index >= 15 is 0 Å². The lowest BCUT2D eigenvalue weighted by atomic mass is 10.2. The second-order valence-corrected chi connectivity index (χ2v) is 7.07. The van der Waals surface area contributed by atoms with E-state index < -0.39 is 9.84 Å². The molecule has 1 atom stereocenters. The number of amides is 1. The average molecular weight is 301 g/mol. The van der Waals surface area contributed by atoms with Crippen molar-refractivity contribution in [1.29, 1.82) is 0 Å². The molecule has 0 aliphatic carbocycles.